The summed E-state index contributed by atoms with van der Waals surface area (Å²) < 4.78 is 0. The number of H-pyrrole nitrogens is 1. The average Bonchev–Trinajstić information content (AvgIpc) is 2.51. The smallest absolute Gasteiger partial charge is 0.0682 e. The molecule has 0 unspecified atom stereocenters. The number of nitrogens with zero attached hydrogens (tertiary/aromatic N) is 1. The van der Waals surface area contributed by atoms with E-state index in [0.717, 1.165) is 6.42 Å². The van der Waals surface area contributed by atoms with Gasteiger partial charge in [-0.1, -0.05) is 32.0 Å². The fraction of sp³-hybridized carbons (Fsp3) is 0.364. The van der Waals surface area contributed by atoms with Gasteiger partial charge in [0.1, 0.15) is 0 Å². The fourth-order valence-electron chi connectivity index (χ4n) is 1.64. The largest absolute Gasteiger partial charge is 0.278 e. The number of hydrogen-bond donors (Lipinski definition) is 1. The third kappa shape index (κ3) is 1.57. The molecular formula is C11H14N2. The van der Waals surface area contributed by atoms with Gasteiger partial charge < -0.3 is 0 Å². The van der Waals surface area contributed by atoms with E-state index < -0.39 is 0 Å². The predicted molar refractivity (Wildman–Crippen MR) is 54.6 cm³/mol. The highest BCUT2D eigenvalue weighted by Crippen LogP contribution is 2.18. The molecule has 0 bridgehead atoms. The average molecular weight is 174 g/mol. The molecule has 0 spiro atoms. The van der Waals surface area contributed by atoms with Gasteiger partial charge in [0.2, 0.25) is 0 Å². The number of aromatic amines is 1. The molecular weight excluding hydrogens is 160 g/mol. The Morgan fingerprint density at radius 3 is 3.00 bits per heavy atom. The summed E-state index contributed by atoms with van der Waals surface area (Å²) in [5, 5.41) is 8.29. The normalized spacial score (nSPS) is 11.3. The predicted octanol–water partition coefficient (Wildman–Crippen LogP) is 2.76. The zero-order valence-electron chi connectivity index (χ0n) is 8.04. The van der Waals surface area contributed by atoms with E-state index in [9.17, 15) is 0 Å². The van der Waals surface area contributed by atoms with Gasteiger partial charge in [-0.3, -0.25) is 5.10 Å². The summed E-state index contributed by atoms with van der Waals surface area (Å²) in [6.07, 6.45) is 2.98. The van der Waals surface area contributed by atoms with E-state index in [0.29, 0.717) is 5.92 Å². The molecule has 2 heteroatoms. The third-order valence-electron chi connectivity index (χ3n) is 2.19. The van der Waals surface area contributed by atoms with E-state index >= 15 is 0 Å². The summed E-state index contributed by atoms with van der Waals surface area (Å²) in [5.41, 5.74) is 2.56. The van der Waals surface area contributed by atoms with Crippen molar-refractivity contribution in [3.63, 3.8) is 0 Å². The zero-order valence-corrected chi connectivity index (χ0v) is 8.04. The number of benzene rings is 1. The fourth-order valence-corrected chi connectivity index (χ4v) is 1.64. The number of rotatable bonds is 2. The highest BCUT2D eigenvalue weighted by atomic mass is 15.1. The molecule has 0 fully saturated rings. The van der Waals surface area contributed by atoms with Crippen molar-refractivity contribution >= 4 is 10.9 Å². The maximum Gasteiger partial charge on any atom is 0.0682 e. The molecule has 0 aliphatic carbocycles. The van der Waals surface area contributed by atoms with Gasteiger partial charge >= 0.3 is 0 Å². The molecule has 1 aromatic heterocycles. The van der Waals surface area contributed by atoms with Crippen molar-refractivity contribution in [3.05, 3.63) is 30.0 Å². The minimum atomic E-state index is 0.689. The lowest BCUT2D eigenvalue weighted by Crippen LogP contribution is -1.94. The Kier molecular flexibility index (Phi) is 2.05. The van der Waals surface area contributed by atoms with Crippen molar-refractivity contribution in [2.24, 2.45) is 5.92 Å². The van der Waals surface area contributed by atoms with E-state index in [1.807, 2.05) is 6.20 Å². The van der Waals surface area contributed by atoms with Gasteiger partial charge in [-0.15, -0.1) is 0 Å². The molecule has 13 heavy (non-hydrogen) atoms. The van der Waals surface area contributed by atoms with Crippen LogP contribution in [0.5, 0.6) is 0 Å². The minimum absolute atomic E-state index is 0.689. The van der Waals surface area contributed by atoms with E-state index in [1.165, 1.54) is 16.5 Å². The van der Waals surface area contributed by atoms with Crippen molar-refractivity contribution in [3.8, 4) is 0 Å². The van der Waals surface area contributed by atoms with Gasteiger partial charge in [0.15, 0.2) is 0 Å². The van der Waals surface area contributed by atoms with E-state index in [-0.39, 0.29) is 0 Å². The Hall–Kier alpha value is -1.31. The standard InChI is InChI=1S/C11H14N2/c1-8(2)6-9-4-3-5-10-7-12-13-11(9)10/h3-5,7-8H,6H2,1-2H3,(H,12,13). The zero-order chi connectivity index (χ0) is 9.26. The van der Waals surface area contributed by atoms with Crippen LogP contribution in [-0.4, -0.2) is 10.2 Å². The van der Waals surface area contributed by atoms with Crippen LogP contribution in [0.1, 0.15) is 19.4 Å². The number of para-hydroxylation sites is 1. The molecule has 0 saturated heterocycles. The lowest BCUT2D eigenvalue weighted by Gasteiger charge is -2.05. The highest BCUT2D eigenvalue weighted by molar-refractivity contribution is 5.81. The SMILES string of the molecule is CC(C)Cc1cccc2cn[nH]c12. The molecule has 0 aliphatic heterocycles. The van der Waals surface area contributed by atoms with Gasteiger partial charge in [-0.25, -0.2) is 0 Å². The summed E-state index contributed by atoms with van der Waals surface area (Å²) >= 11 is 0. The second-order valence-corrected chi connectivity index (χ2v) is 3.85. The first-order chi connectivity index (χ1) is 6.27. The molecule has 2 nitrogen and oxygen atoms in total. The van der Waals surface area contributed by atoms with Crippen molar-refractivity contribution in [1.29, 1.82) is 0 Å². The van der Waals surface area contributed by atoms with Gasteiger partial charge in [0.25, 0.3) is 0 Å². The van der Waals surface area contributed by atoms with Crippen LogP contribution in [0.4, 0.5) is 0 Å². The summed E-state index contributed by atoms with van der Waals surface area (Å²) in [6, 6.07) is 6.35. The molecule has 1 N–H and O–H groups in total. The van der Waals surface area contributed by atoms with Gasteiger partial charge in [0.05, 0.1) is 11.7 Å². The molecule has 2 aromatic rings. The molecule has 1 heterocycles. The van der Waals surface area contributed by atoms with Crippen LogP contribution >= 0.6 is 0 Å². The molecule has 0 aliphatic rings. The lowest BCUT2D eigenvalue weighted by atomic mass is 10.0. The summed E-state index contributed by atoms with van der Waals surface area (Å²) in [4.78, 5) is 0. The first-order valence-corrected chi connectivity index (χ1v) is 4.68. The van der Waals surface area contributed by atoms with E-state index in [4.69, 9.17) is 0 Å². The van der Waals surface area contributed by atoms with Crippen LogP contribution in [0, 0.1) is 5.92 Å². The van der Waals surface area contributed by atoms with Crippen LogP contribution < -0.4 is 0 Å². The number of aromatic nitrogens is 2. The molecule has 68 valence electrons. The topological polar surface area (TPSA) is 28.7 Å². The quantitative estimate of drug-likeness (QED) is 0.745. The second-order valence-electron chi connectivity index (χ2n) is 3.85. The maximum atomic E-state index is 4.04. The second kappa shape index (κ2) is 3.21. The first-order valence-electron chi connectivity index (χ1n) is 4.68. The summed E-state index contributed by atoms with van der Waals surface area (Å²) in [6.45, 7) is 4.46. The van der Waals surface area contributed by atoms with Gasteiger partial charge in [0, 0.05) is 5.39 Å². The van der Waals surface area contributed by atoms with Crippen LogP contribution in [0.15, 0.2) is 24.4 Å². The number of hydrogen-bond acceptors (Lipinski definition) is 1. The molecule has 1 aromatic carbocycles. The highest BCUT2D eigenvalue weighted by Gasteiger charge is 2.03. The van der Waals surface area contributed by atoms with Crippen LogP contribution in [0.3, 0.4) is 0 Å². The van der Waals surface area contributed by atoms with Crippen LogP contribution in [0.2, 0.25) is 0 Å². The Balaban J connectivity index is 2.48. The Bertz CT molecular complexity index is 401. The van der Waals surface area contributed by atoms with Crippen LogP contribution in [0.25, 0.3) is 10.9 Å². The monoisotopic (exact) mass is 174 g/mol. The van der Waals surface area contributed by atoms with Crippen molar-refractivity contribution in [1.82, 2.24) is 10.2 Å². The first kappa shape index (κ1) is 8.30. The van der Waals surface area contributed by atoms with Gasteiger partial charge in [-0.2, -0.15) is 5.10 Å². The molecule has 0 radical (unpaired) electrons. The van der Waals surface area contributed by atoms with E-state index in [1.54, 1.807) is 0 Å². The Labute approximate surface area is 78.0 Å². The summed E-state index contributed by atoms with van der Waals surface area (Å²) in [5.74, 6) is 0.689. The van der Waals surface area contributed by atoms with Gasteiger partial charge in [-0.05, 0) is 17.9 Å². The van der Waals surface area contributed by atoms with Crippen molar-refractivity contribution < 1.29 is 0 Å². The number of fused-ring (bicyclic) bond motifs is 1. The Morgan fingerprint density at radius 2 is 2.23 bits per heavy atom. The number of nitrogens with one attached hydrogen (secondary N) is 1. The molecule has 0 atom stereocenters. The van der Waals surface area contributed by atoms with Crippen molar-refractivity contribution in [2.45, 2.75) is 20.3 Å². The van der Waals surface area contributed by atoms with Crippen molar-refractivity contribution in [2.75, 3.05) is 0 Å². The third-order valence-corrected chi connectivity index (χ3v) is 2.19. The van der Waals surface area contributed by atoms with Crippen LogP contribution in [-0.2, 0) is 6.42 Å². The molecule has 0 saturated carbocycles. The summed E-state index contributed by atoms with van der Waals surface area (Å²) in [7, 11) is 0. The maximum absolute atomic E-state index is 4.04. The molecule has 2 rings (SSSR count). The van der Waals surface area contributed by atoms with E-state index in [2.05, 4.69) is 42.2 Å². The minimum Gasteiger partial charge on any atom is -0.278 e. The molecule has 0 amide bonds. The Morgan fingerprint density at radius 1 is 1.38 bits per heavy atom. The lowest BCUT2D eigenvalue weighted by molar-refractivity contribution is 0.649.